The zero-order valence-corrected chi connectivity index (χ0v) is 13.2. The predicted molar refractivity (Wildman–Crippen MR) is 83.5 cm³/mol. The quantitative estimate of drug-likeness (QED) is 0.829. The van der Waals surface area contributed by atoms with Crippen molar-refractivity contribution in [2.75, 3.05) is 0 Å². The van der Waals surface area contributed by atoms with Crippen LogP contribution in [0.25, 0.3) is 0 Å². The molecule has 2 amide bonds. The van der Waals surface area contributed by atoms with Gasteiger partial charge in [0.15, 0.2) is 0 Å². The zero-order valence-electron chi connectivity index (χ0n) is 13.2. The molecule has 2 saturated carbocycles. The average molecular weight is 330 g/mol. The Morgan fingerprint density at radius 2 is 1.92 bits per heavy atom. The van der Waals surface area contributed by atoms with E-state index in [2.05, 4.69) is 5.32 Å². The number of hydrogen-bond donors (Lipinski definition) is 1. The molecule has 1 aromatic carbocycles. The van der Waals surface area contributed by atoms with Crippen molar-refractivity contribution in [3.05, 3.63) is 35.9 Å². The lowest BCUT2D eigenvalue weighted by molar-refractivity contribution is -0.143. The number of hydrogen-bond acceptors (Lipinski definition) is 3. The average Bonchev–Trinajstić information content (AvgIpc) is 3.45. The highest BCUT2D eigenvalue weighted by molar-refractivity contribution is 6.39. The molecule has 4 rings (SSSR count). The molecule has 3 fully saturated rings. The second-order valence-electron chi connectivity index (χ2n) is 7.14. The van der Waals surface area contributed by atoms with Crippen molar-refractivity contribution in [3.8, 4) is 0 Å². The number of Topliss-reactive ketones (excluding diaryl/α,β-unsaturated/α-hetero) is 1. The van der Waals surface area contributed by atoms with E-state index in [4.69, 9.17) is 0 Å². The van der Waals surface area contributed by atoms with Crippen LogP contribution in [0.2, 0.25) is 0 Å². The maximum atomic E-state index is 13.0. The minimum atomic E-state index is -1.05. The summed E-state index contributed by atoms with van der Waals surface area (Å²) in [6.45, 7) is 0.320. The summed E-state index contributed by atoms with van der Waals surface area (Å²) in [5.74, 6) is -1.45. The number of rotatable bonds is 5. The highest BCUT2D eigenvalue weighted by Gasteiger charge is 2.62. The van der Waals surface area contributed by atoms with Gasteiger partial charge in [-0.3, -0.25) is 14.4 Å². The van der Waals surface area contributed by atoms with E-state index >= 15 is 0 Å². The minimum absolute atomic E-state index is 0.0858. The number of nitrogens with zero attached hydrogens (tertiary/aromatic N) is 1. The summed E-state index contributed by atoms with van der Waals surface area (Å²) in [4.78, 5) is 38.8. The second kappa shape index (κ2) is 5.40. The van der Waals surface area contributed by atoms with Crippen LogP contribution in [0.5, 0.6) is 0 Å². The van der Waals surface area contributed by atoms with Crippen LogP contribution in [-0.2, 0) is 20.9 Å². The molecule has 126 valence electrons. The first-order valence-corrected chi connectivity index (χ1v) is 8.32. The standard InChI is InChI=1S/C18H19FN2O3/c19-12-8-13(12)20-17(24)15(23)16-18(6-7-18)9-14(22)21(16)10-11-4-2-1-3-5-11/h1-5,12-13,16H,6-10H2,(H,20,24)/t12-,13+,16?/m0/s1. The molecule has 0 bridgehead atoms. The number of halogens is 1. The van der Waals surface area contributed by atoms with E-state index in [9.17, 15) is 18.8 Å². The SMILES string of the molecule is O=C(N[C@@H]1C[C@@H]1F)C(=O)C1N(Cc2ccccc2)C(=O)CC12CC2. The lowest BCUT2D eigenvalue weighted by Gasteiger charge is -2.26. The number of alkyl halides is 1. The smallest absolute Gasteiger partial charge is 0.289 e. The highest BCUT2D eigenvalue weighted by atomic mass is 19.1. The van der Waals surface area contributed by atoms with Gasteiger partial charge in [-0.2, -0.15) is 0 Å². The summed E-state index contributed by atoms with van der Waals surface area (Å²) in [6.07, 6.45) is 1.09. The van der Waals surface area contributed by atoms with Crippen molar-refractivity contribution in [1.29, 1.82) is 0 Å². The van der Waals surface area contributed by atoms with Gasteiger partial charge in [-0.05, 0) is 18.4 Å². The largest absolute Gasteiger partial charge is 0.344 e. The molecule has 1 saturated heterocycles. The first kappa shape index (κ1) is 15.3. The third-order valence-corrected chi connectivity index (χ3v) is 5.30. The number of benzene rings is 1. The van der Waals surface area contributed by atoms with Gasteiger partial charge in [0.2, 0.25) is 11.7 Å². The summed E-state index contributed by atoms with van der Waals surface area (Å²) < 4.78 is 13.0. The van der Waals surface area contributed by atoms with Crippen LogP contribution in [0.4, 0.5) is 4.39 Å². The monoisotopic (exact) mass is 330 g/mol. The van der Waals surface area contributed by atoms with Crippen molar-refractivity contribution in [2.45, 2.75) is 50.5 Å². The number of likely N-dealkylation sites (tertiary alicyclic amines) is 1. The number of nitrogens with one attached hydrogen (secondary N) is 1. The Bertz CT molecular complexity index is 701. The summed E-state index contributed by atoms with van der Waals surface area (Å²) in [5.41, 5.74) is 0.534. The maximum absolute atomic E-state index is 13.0. The summed E-state index contributed by atoms with van der Waals surface area (Å²) >= 11 is 0. The van der Waals surface area contributed by atoms with E-state index in [1.807, 2.05) is 30.3 Å². The van der Waals surface area contributed by atoms with Crippen LogP contribution in [0.15, 0.2) is 30.3 Å². The molecule has 24 heavy (non-hydrogen) atoms. The van der Waals surface area contributed by atoms with E-state index < -0.39 is 29.9 Å². The number of carbonyl (C=O) groups is 3. The van der Waals surface area contributed by atoms with Gasteiger partial charge >= 0.3 is 0 Å². The van der Waals surface area contributed by atoms with Crippen molar-refractivity contribution in [2.24, 2.45) is 5.41 Å². The van der Waals surface area contributed by atoms with Gasteiger partial charge in [-0.1, -0.05) is 30.3 Å². The highest BCUT2D eigenvalue weighted by Crippen LogP contribution is 2.58. The lowest BCUT2D eigenvalue weighted by atomic mass is 9.93. The van der Waals surface area contributed by atoms with Crippen LogP contribution < -0.4 is 5.32 Å². The molecule has 6 heteroatoms. The van der Waals surface area contributed by atoms with E-state index in [-0.39, 0.29) is 17.7 Å². The Hall–Kier alpha value is -2.24. The molecule has 2 aliphatic carbocycles. The van der Waals surface area contributed by atoms with Crippen molar-refractivity contribution in [3.63, 3.8) is 0 Å². The Morgan fingerprint density at radius 1 is 1.25 bits per heavy atom. The third kappa shape index (κ3) is 2.60. The molecule has 1 heterocycles. The van der Waals surface area contributed by atoms with Gasteiger partial charge in [0.05, 0.1) is 6.04 Å². The molecular weight excluding hydrogens is 311 g/mol. The third-order valence-electron chi connectivity index (χ3n) is 5.30. The number of amides is 2. The zero-order chi connectivity index (χ0) is 16.9. The summed E-state index contributed by atoms with van der Waals surface area (Å²) in [7, 11) is 0. The first-order chi connectivity index (χ1) is 11.5. The van der Waals surface area contributed by atoms with Crippen molar-refractivity contribution >= 4 is 17.6 Å². The Kier molecular flexibility index (Phi) is 3.44. The molecule has 5 nitrogen and oxygen atoms in total. The molecule has 3 aliphatic rings. The van der Waals surface area contributed by atoms with Gasteiger partial charge in [-0.25, -0.2) is 4.39 Å². The summed E-state index contributed by atoms with van der Waals surface area (Å²) in [5, 5.41) is 2.44. The molecule has 1 N–H and O–H groups in total. The molecular formula is C18H19FN2O3. The first-order valence-electron chi connectivity index (χ1n) is 8.32. The molecule has 1 aromatic rings. The number of ketones is 1. The molecule has 3 atom stereocenters. The minimum Gasteiger partial charge on any atom is -0.344 e. The normalized spacial score (nSPS) is 29.6. The van der Waals surface area contributed by atoms with Crippen LogP contribution in [0, 0.1) is 5.41 Å². The predicted octanol–water partition coefficient (Wildman–Crippen LogP) is 1.36. The van der Waals surface area contributed by atoms with E-state index in [1.54, 1.807) is 0 Å². The Labute approximate surface area is 139 Å². The van der Waals surface area contributed by atoms with Gasteiger partial charge in [0, 0.05) is 24.8 Å². The molecule has 1 aliphatic heterocycles. The molecule has 0 radical (unpaired) electrons. The van der Waals surface area contributed by atoms with Crippen molar-refractivity contribution in [1.82, 2.24) is 10.2 Å². The van der Waals surface area contributed by atoms with Gasteiger partial charge in [-0.15, -0.1) is 0 Å². The van der Waals surface area contributed by atoms with Gasteiger partial charge in [0.25, 0.3) is 5.91 Å². The topological polar surface area (TPSA) is 66.5 Å². The molecule has 1 spiro atoms. The van der Waals surface area contributed by atoms with Crippen molar-refractivity contribution < 1.29 is 18.8 Å². The Morgan fingerprint density at radius 3 is 2.50 bits per heavy atom. The summed E-state index contributed by atoms with van der Waals surface area (Å²) in [6, 6.07) is 8.16. The lowest BCUT2D eigenvalue weighted by Crippen LogP contribution is -2.49. The van der Waals surface area contributed by atoms with Crippen LogP contribution in [-0.4, -0.2) is 40.8 Å². The van der Waals surface area contributed by atoms with Crippen LogP contribution in [0.1, 0.15) is 31.2 Å². The van der Waals surface area contributed by atoms with Crippen LogP contribution >= 0.6 is 0 Å². The van der Waals surface area contributed by atoms with Gasteiger partial charge in [0.1, 0.15) is 12.2 Å². The fourth-order valence-electron chi connectivity index (χ4n) is 3.64. The Balaban J connectivity index is 1.54. The number of carbonyl (C=O) groups excluding carboxylic acids is 3. The van der Waals surface area contributed by atoms with E-state index in [0.29, 0.717) is 13.0 Å². The van der Waals surface area contributed by atoms with Gasteiger partial charge < -0.3 is 10.2 Å². The fraction of sp³-hybridized carbons (Fsp3) is 0.500. The molecule has 0 aromatic heterocycles. The molecule has 1 unspecified atom stereocenters. The fourth-order valence-corrected chi connectivity index (χ4v) is 3.64. The van der Waals surface area contributed by atoms with E-state index in [0.717, 1.165) is 18.4 Å². The maximum Gasteiger partial charge on any atom is 0.289 e. The van der Waals surface area contributed by atoms with Crippen LogP contribution in [0.3, 0.4) is 0 Å². The second-order valence-corrected chi connectivity index (χ2v) is 7.14. The van der Waals surface area contributed by atoms with E-state index in [1.165, 1.54) is 4.90 Å².